The molecule has 1 aliphatic rings. The van der Waals surface area contributed by atoms with Crippen LogP contribution < -0.4 is 10.2 Å². The molecular weight excluding hydrogens is 392 g/mol. The fourth-order valence-corrected chi connectivity index (χ4v) is 4.25. The van der Waals surface area contributed by atoms with Gasteiger partial charge in [-0.25, -0.2) is 5.48 Å². The average molecular weight is 423 g/mol. The Hall–Kier alpha value is -2.87. The van der Waals surface area contributed by atoms with E-state index < -0.39 is 5.91 Å². The zero-order valence-corrected chi connectivity index (χ0v) is 18.4. The van der Waals surface area contributed by atoms with E-state index in [1.807, 2.05) is 26.2 Å². The second kappa shape index (κ2) is 9.09. The Morgan fingerprint density at radius 3 is 2.68 bits per heavy atom. The number of carbonyl (C=O) groups is 1. The topological polar surface area (TPSA) is 70.0 Å². The number of nitrogens with one attached hydrogen (secondary N) is 1. The van der Waals surface area contributed by atoms with Crippen LogP contribution in [0.4, 0.5) is 0 Å². The third-order valence-electron chi connectivity index (χ3n) is 5.88. The number of nitrogens with zero attached hydrogens (tertiary/aromatic N) is 3. The highest BCUT2D eigenvalue weighted by Gasteiger charge is 2.24. The Kier molecular flexibility index (Phi) is 6.27. The molecule has 0 unspecified atom stereocenters. The fourth-order valence-electron chi connectivity index (χ4n) is 4.25. The number of hydrogen-bond donors (Lipinski definition) is 2. The Bertz CT molecular complexity index is 1070. The first-order chi connectivity index (χ1) is 15.0. The highest BCUT2D eigenvalue weighted by atomic mass is 16.5. The number of ether oxygens (including phenoxy) is 1. The number of aromatic nitrogens is 1. The SMILES string of the molecule is CN(C)CCOc1cccc2c1c1c(n2Cc2ccc(C(=O)NO)cc2)CCN(C)C1. The predicted octanol–water partition coefficient (Wildman–Crippen LogP) is 2.74. The molecule has 0 bridgehead atoms. The van der Waals surface area contributed by atoms with E-state index in [2.05, 4.69) is 39.6 Å². The summed E-state index contributed by atoms with van der Waals surface area (Å²) in [5, 5.41) is 10.0. The molecule has 1 aromatic heterocycles. The smallest absolute Gasteiger partial charge is 0.274 e. The van der Waals surface area contributed by atoms with Gasteiger partial charge in [-0.3, -0.25) is 10.0 Å². The highest BCUT2D eigenvalue weighted by molar-refractivity contribution is 5.93. The van der Waals surface area contributed by atoms with Crippen molar-refractivity contribution in [1.82, 2.24) is 19.8 Å². The third-order valence-corrected chi connectivity index (χ3v) is 5.88. The van der Waals surface area contributed by atoms with Gasteiger partial charge in [-0.1, -0.05) is 18.2 Å². The van der Waals surface area contributed by atoms with Crippen LogP contribution in [0.15, 0.2) is 42.5 Å². The molecule has 4 rings (SSSR count). The average Bonchev–Trinajstić information content (AvgIpc) is 3.07. The lowest BCUT2D eigenvalue weighted by molar-refractivity contribution is 0.0706. The zero-order valence-electron chi connectivity index (χ0n) is 18.4. The van der Waals surface area contributed by atoms with E-state index >= 15 is 0 Å². The van der Waals surface area contributed by atoms with E-state index in [0.29, 0.717) is 12.2 Å². The fraction of sp³-hybridized carbons (Fsp3) is 0.375. The van der Waals surface area contributed by atoms with Crippen molar-refractivity contribution in [3.8, 4) is 5.75 Å². The van der Waals surface area contributed by atoms with E-state index in [1.54, 1.807) is 17.6 Å². The van der Waals surface area contributed by atoms with Gasteiger partial charge in [-0.15, -0.1) is 0 Å². The van der Waals surface area contributed by atoms with Crippen molar-refractivity contribution in [1.29, 1.82) is 0 Å². The van der Waals surface area contributed by atoms with Crippen LogP contribution in [-0.2, 0) is 19.5 Å². The molecule has 7 nitrogen and oxygen atoms in total. The lowest BCUT2D eigenvalue weighted by Crippen LogP contribution is -2.27. The minimum atomic E-state index is -0.502. The van der Waals surface area contributed by atoms with Crippen molar-refractivity contribution in [2.45, 2.75) is 19.5 Å². The monoisotopic (exact) mass is 422 g/mol. The number of amides is 1. The van der Waals surface area contributed by atoms with Crippen molar-refractivity contribution in [3.63, 3.8) is 0 Å². The summed E-state index contributed by atoms with van der Waals surface area (Å²) in [7, 11) is 6.26. The van der Waals surface area contributed by atoms with Gasteiger partial charge in [0.15, 0.2) is 0 Å². The van der Waals surface area contributed by atoms with Gasteiger partial charge < -0.3 is 19.1 Å². The van der Waals surface area contributed by atoms with Crippen LogP contribution in [-0.4, -0.2) is 66.3 Å². The molecule has 1 amide bonds. The Morgan fingerprint density at radius 2 is 1.97 bits per heavy atom. The zero-order chi connectivity index (χ0) is 22.0. The second-order valence-electron chi connectivity index (χ2n) is 8.44. The first kappa shape index (κ1) is 21.4. The van der Waals surface area contributed by atoms with E-state index in [0.717, 1.165) is 43.9 Å². The van der Waals surface area contributed by atoms with Gasteiger partial charge in [0.2, 0.25) is 0 Å². The molecule has 31 heavy (non-hydrogen) atoms. The number of likely N-dealkylation sites (N-methyl/N-ethyl adjacent to an activating group) is 2. The lowest BCUT2D eigenvalue weighted by Gasteiger charge is -2.24. The molecule has 2 N–H and O–H groups in total. The Balaban J connectivity index is 1.72. The minimum Gasteiger partial charge on any atom is -0.492 e. The number of carbonyl (C=O) groups excluding carboxylic acids is 1. The molecule has 0 saturated heterocycles. The summed E-state index contributed by atoms with van der Waals surface area (Å²) in [6.07, 6.45) is 0.989. The molecule has 164 valence electrons. The largest absolute Gasteiger partial charge is 0.492 e. The molecule has 0 aliphatic carbocycles. The standard InChI is InChI=1S/C24H30N4O3/c1-26(2)13-14-31-22-6-4-5-21-23(22)19-16-27(3)12-11-20(19)28(21)15-17-7-9-18(10-8-17)24(29)25-30/h4-10,30H,11-16H2,1-3H3,(H,25,29). The number of rotatable bonds is 7. The molecule has 2 heterocycles. The maximum atomic E-state index is 11.6. The number of hydroxylamine groups is 1. The first-order valence-corrected chi connectivity index (χ1v) is 10.6. The molecule has 0 radical (unpaired) electrons. The van der Waals surface area contributed by atoms with E-state index in [-0.39, 0.29) is 0 Å². The summed E-state index contributed by atoms with van der Waals surface area (Å²) in [5.41, 5.74) is 7.10. The predicted molar refractivity (Wildman–Crippen MR) is 121 cm³/mol. The van der Waals surface area contributed by atoms with Gasteiger partial charge in [0.25, 0.3) is 5.91 Å². The molecule has 3 aromatic rings. The molecule has 1 aliphatic heterocycles. The van der Waals surface area contributed by atoms with Gasteiger partial charge in [-0.2, -0.15) is 0 Å². The second-order valence-corrected chi connectivity index (χ2v) is 8.44. The molecule has 2 aromatic carbocycles. The molecule has 7 heteroatoms. The maximum absolute atomic E-state index is 11.6. The molecule has 0 saturated carbocycles. The van der Waals surface area contributed by atoms with Gasteiger partial charge in [-0.05, 0) is 56.5 Å². The molecule has 0 spiro atoms. The summed E-state index contributed by atoms with van der Waals surface area (Å²) in [6, 6.07) is 13.7. The summed E-state index contributed by atoms with van der Waals surface area (Å²) in [5.74, 6) is 0.442. The quantitative estimate of drug-likeness (QED) is 0.453. The summed E-state index contributed by atoms with van der Waals surface area (Å²) in [4.78, 5) is 16.1. The van der Waals surface area contributed by atoms with Crippen molar-refractivity contribution in [3.05, 3.63) is 64.8 Å². The molecule has 0 fully saturated rings. The Morgan fingerprint density at radius 1 is 1.19 bits per heavy atom. The van der Waals surface area contributed by atoms with Gasteiger partial charge in [0.05, 0.1) is 5.52 Å². The van der Waals surface area contributed by atoms with Crippen LogP contribution in [0.3, 0.4) is 0 Å². The number of benzene rings is 2. The maximum Gasteiger partial charge on any atom is 0.274 e. The van der Waals surface area contributed by atoms with Crippen LogP contribution >= 0.6 is 0 Å². The van der Waals surface area contributed by atoms with Gasteiger partial charge in [0, 0.05) is 49.2 Å². The van der Waals surface area contributed by atoms with Crippen molar-refractivity contribution >= 4 is 16.8 Å². The van der Waals surface area contributed by atoms with Crippen LogP contribution in [0.2, 0.25) is 0 Å². The minimum absolute atomic E-state index is 0.434. The van der Waals surface area contributed by atoms with E-state index in [9.17, 15) is 4.79 Å². The van der Waals surface area contributed by atoms with E-state index in [1.165, 1.54) is 22.2 Å². The van der Waals surface area contributed by atoms with E-state index in [4.69, 9.17) is 9.94 Å². The number of hydrogen-bond acceptors (Lipinski definition) is 5. The normalized spacial score (nSPS) is 14.1. The lowest BCUT2D eigenvalue weighted by atomic mass is 10.0. The summed E-state index contributed by atoms with van der Waals surface area (Å²) in [6.45, 7) is 4.17. The first-order valence-electron chi connectivity index (χ1n) is 10.6. The molecular formula is C24H30N4O3. The van der Waals surface area contributed by atoms with Gasteiger partial charge in [0.1, 0.15) is 12.4 Å². The van der Waals surface area contributed by atoms with Crippen molar-refractivity contribution < 1.29 is 14.7 Å². The third kappa shape index (κ3) is 4.44. The van der Waals surface area contributed by atoms with Crippen LogP contribution in [0, 0.1) is 0 Å². The highest BCUT2D eigenvalue weighted by Crippen LogP contribution is 2.37. The van der Waals surface area contributed by atoms with Crippen LogP contribution in [0.5, 0.6) is 5.75 Å². The summed E-state index contributed by atoms with van der Waals surface area (Å²) >= 11 is 0. The van der Waals surface area contributed by atoms with Crippen LogP contribution in [0.25, 0.3) is 10.9 Å². The number of fused-ring (bicyclic) bond motifs is 3. The summed E-state index contributed by atoms with van der Waals surface area (Å²) < 4.78 is 8.59. The Labute approximate surface area is 182 Å². The molecule has 0 atom stereocenters. The van der Waals surface area contributed by atoms with Crippen molar-refractivity contribution in [2.75, 3.05) is 40.8 Å². The van der Waals surface area contributed by atoms with Gasteiger partial charge >= 0.3 is 0 Å². The van der Waals surface area contributed by atoms with Crippen molar-refractivity contribution in [2.24, 2.45) is 0 Å². The van der Waals surface area contributed by atoms with Crippen LogP contribution in [0.1, 0.15) is 27.2 Å².